The Bertz CT molecular complexity index is 520. The van der Waals surface area contributed by atoms with Crippen LogP contribution in [0.15, 0.2) is 46.9 Å². The maximum absolute atomic E-state index is 13.6. The third kappa shape index (κ3) is 2.91. The van der Waals surface area contributed by atoms with Crippen molar-refractivity contribution in [2.24, 2.45) is 0 Å². The fraction of sp³-hybridized carbons (Fsp3) is 0.200. The van der Waals surface area contributed by atoms with Gasteiger partial charge in [0.05, 0.1) is 5.69 Å². The predicted octanol–water partition coefficient (Wildman–Crippen LogP) is 4.76. The van der Waals surface area contributed by atoms with Gasteiger partial charge in [-0.05, 0) is 45.6 Å². The van der Waals surface area contributed by atoms with Crippen LogP contribution in [-0.2, 0) is 13.0 Å². The summed E-state index contributed by atoms with van der Waals surface area (Å²) in [5.41, 5.74) is 3.01. The minimum Gasteiger partial charge on any atom is -0.378 e. The molecule has 0 bridgehead atoms. The van der Waals surface area contributed by atoms with Crippen LogP contribution >= 0.6 is 15.9 Å². The number of hydrogen-bond donors (Lipinski definition) is 1. The first-order chi connectivity index (χ1) is 8.72. The average molecular weight is 308 g/mol. The summed E-state index contributed by atoms with van der Waals surface area (Å²) in [5, 5.41) is 3.15. The van der Waals surface area contributed by atoms with Crippen molar-refractivity contribution in [3.63, 3.8) is 0 Å². The molecule has 1 N–H and O–H groups in total. The molecule has 0 aromatic heterocycles. The highest BCUT2D eigenvalue weighted by atomic mass is 79.9. The van der Waals surface area contributed by atoms with E-state index in [1.165, 1.54) is 17.2 Å². The number of benzene rings is 2. The highest BCUT2D eigenvalue weighted by Crippen LogP contribution is 2.26. The van der Waals surface area contributed by atoms with Crippen LogP contribution in [0, 0.1) is 5.82 Å². The SMILES string of the molecule is CCc1ccccc1CNc1c(F)cccc1Br. The molecule has 0 unspecified atom stereocenters. The van der Waals surface area contributed by atoms with Crippen molar-refractivity contribution in [1.29, 1.82) is 0 Å². The van der Waals surface area contributed by atoms with Gasteiger partial charge >= 0.3 is 0 Å². The van der Waals surface area contributed by atoms with E-state index in [2.05, 4.69) is 40.3 Å². The van der Waals surface area contributed by atoms with E-state index in [9.17, 15) is 4.39 Å². The summed E-state index contributed by atoms with van der Waals surface area (Å²) in [6.07, 6.45) is 0.982. The molecular formula is C15H15BrFN. The molecular weight excluding hydrogens is 293 g/mol. The van der Waals surface area contributed by atoms with Crippen LogP contribution in [0.1, 0.15) is 18.1 Å². The van der Waals surface area contributed by atoms with Crippen molar-refractivity contribution in [2.45, 2.75) is 19.9 Å². The Labute approximate surface area is 115 Å². The van der Waals surface area contributed by atoms with Crippen LogP contribution in [0.25, 0.3) is 0 Å². The third-order valence-electron chi connectivity index (χ3n) is 2.92. The Morgan fingerprint density at radius 3 is 2.44 bits per heavy atom. The van der Waals surface area contributed by atoms with Gasteiger partial charge in [0.15, 0.2) is 0 Å². The summed E-state index contributed by atoms with van der Waals surface area (Å²) in [6, 6.07) is 13.2. The van der Waals surface area contributed by atoms with Gasteiger partial charge in [0.25, 0.3) is 0 Å². The second-order valence-electron chi connectivity index (χ2n) is 4.07. The summed E-state index contributed by atoms with van der Waals surface area (Å²) >= 11 is 3.35. The van der Waals surface area contributed by atoms with Gasteiger partial charge in [-0.1, -0.05) is 37.3 Å². The summed E-state index contributed by atoms with van der Waals surface area (Å²) in [5.74, 6) is -0.238. The summed E-state index contributed by atoms with van der Waals surface area (Å²) in [6.45, 7) is 2.75. The number of para-hydroxylation sites is 1. The van der Waals surface area contributed by atoms with Gasteiger partial charge in [-0.15, -0.1) is 0 Å². The molecule has 0 saturated carbocycles. The van der Waals surface area contributed by atoms with Gasteiger partial charge in [-0.2, -0.15) is 0 Å². The number of hydrogen-bond acceptors (Lipinski definition) is 1. The zero-order valence-electron chi connectivity index (χ0n) is 10.2. The van der Waals surface area contributed by atoms with E-state index < -0.39 is 0 Å². The van der Waals surface area contributed by atoms with Crippen LogP contribution < -0.4 is 5.32 Å². The molecule has 0 heterocycles. The van der Waals surface area contributed by atoms with Crippen LogP contribution in [0.3, 0.4) is 0 Å². The largest absolute Gasteiger partial charge is 0.378 e. The Hall–Kier alpha value is -1.35. The van der Waals surface area contributed by atoms with E-state index in [0.717, 1.165) is 10.9 Å². The van der Waals surface area contributed by atoms with Crippen molar-refractivity contribution in [2.75, 3.05) is 5.32 Å². The first-order valence-corrected chi connectivity index (χ1v) is 6.76. The van der Waals surface area contributed by atoms with Gasteiger partial charge in [-0.25, -0.2) is 4.39 Å². The van der Waals surface area contributed by atoms with Gasteiger partial charge in [0.2, 0.25) is 0 Å². The second kappa shape index (κ2) is 6.01. The Balaban J connectivity index is 2.16. The van der Waals surface area contributed by atoms with E-state index in [1.807, 2.05) is 18.2 Å². The fourth-order valence-corrected chi connectivity index (χ4v) is 2.41. The topological polar surface area (TPSA) is 12.0 Å². The second-order valence-corrected chi connectivity index (χ2v) is 4.93. The molecule has 18 heavy (non-hydrogen) atoms. The van der Waals surface area contributed by atoms with Crippen LogP contribution in [0.5, 0.6) is 0 Å². The van der Waals surface area contributed by atoms with Gasteiger partial charge in [0.1, 0.15) is 5.82 Å². The number of anilines is 1. The number of nitrogens with one attached hydrogen (secondary N) is 1. The molecule has 0 aliphatic carbocycles. The number of rotatable bonds is 4. The van der Waals surface area contributed by atoms with E-state index in [4.69, 9.17) is 0 Å². The van der Waals surface area contributed by atoms with E-state index in [1.54, 1.807) is 6.07 Å². The van der Waals surface area contributed by atoms with E-state index >= 15 is 0 Å². The molecule has 0 amide bonds. The molecule has 1 nitrogen and oxygen atoms in total. The van der Waals surface area contributed by atoms with Gasteiger partial charge < -0.3 is 5.32 Å². The molecule has 0 aliphatic heterocycles. The third-order valence-corrected chi connectivity index (χ3v) is 3.58. The molecule has 0 fully saturated rings. The zero-order valence-corrected chi connectivity index (χ0v) is 11.8. The summed E-state index contributed by atoms with van der Waals surface area (Å²) < 4.78 is 14.4. The van der Waals surface area contributed by atoms with Crippen molar-refractivity contribution >= 4 is 21.6 Å². The maximum atomic E-state index is 13.6. The lowest BCUT2D eigenvalue weighted by atomic mass is 10.1. The Kier molecular flexibility index (Phi) is 4.37. The standard InChI is InChI=1S/C15H15BrFN/c1-2-11-6-3-4-7-12(11)10-18-15-13(16)8-5-9-14(15)17/h3-9,18H,2,10H2,1H3. The highest BCUT2D eigenvalue weighted by molar-refractivity contribution is 9.10. The zero-order chi connectivity index (χ0) is 13.0. The maximum Gasteiger partial charge on any atom is 0.147 e. The molecule has 94 valence electrons. The molecule has 0 atom stereocenters. The molecule has 2 aromatic carbocycles. The van der Waals surface area contributed by atoms with Crippen molar-refractivity contribution in [1.82, 2.24) is 0 Å². The quantitative estimate of drug-likeness (QED) is 0.858. The van der Waals surface area contributed by atoms with Crippen molar-refractivity contribution in [3.05, 3.63) is 63.9 Å². The fourth-order valence-electron chi connectivity index (χ4n) is 1.93. The lowest BCUT2D eigenvalue weighted by Crippen LogP contribution is -2.04. The molecule has 0 aliphatic rings. The van der Waals surface area contributed by atoms with Crippen molar-refractivity contribution < 1.29 is 4.39 Å². The number of halogens is 2. The van der Waals surface area contributed by atoms with E-state index in [-0.39, 0.29) is 5.82 Å². The summed E-state index contributed by atoms with van der Waals surface area (Å²) in [4.78, 5) is 0. The highest BCUT2D eigenvalue weighted by Gasteiger charge is 2.06. The molecule has 3 heteroatoms. The average Bonchev–Trinajstić information content (AvgIpc) is 2.38. The molecule has 2 aromatic rings. The van der Waals surface area contributed by atoms with Crippen molar-refractivity contribution in [3.8, 4) is 0 Å². The predicted molar refractivity (Wildman–Crippen MR) is 77.2 cm³/mol. The molecule has 0 spiro atoms. The lowest BCUT2D eigenvalue weighted by molar-refractivity contribution is 0.629. The summed E-state index contributed by atoms with van der Waals surface area (Å²) in [7, 11) is 0. The monoisotopic (exact) mass is 307 g/mol. The van der Waals surface area contributed by atoms with Gasteiger partial charge in [-0.3, -0.25) is 0 Å². The Morgan fingerprint density at radius 1 is 1.06 bits per heavy atom. The smallest absolute Gasteiger partial charge is 0.147 e. The van der Waals surface area contributed by atoms with Gasteiger partial charge in [0, 0.05) is 11.0 Å². The molecule has 0 saturated heterocycles. The van der Waals surface area contributed by atoms with Crippen LogP contribution in [-0.4, -0.2) is 0 Å². The minimum absolute atomic E-state index is 0.238. The van der Waals surface area contributed by atoms with E-state index in [0.29, 0.717) is 12.2 Å². The van der Waals surface area contributed by atoms with Crippen LogP contribution in [0.4, 0.5) is 10.1 Å². The first-order valence-electron chi connectivity index (χ1n) is 5.97. The lowest BCUT2D eigenvalue weighted by Gasteiger charge is -2.12. The number of aryl methyl sites for hydroxylation is 1. The molecule has 2 rings (SSSR count). The van der Waals surface area contributed by atoms with Crippen LogP contribution in [0.2, 0.25) is 0 Å². The minimum atomic E-state index is -0.238. The Morgan fingerprint density at radius 2 is 1.78 bits per heavy atom. The normalized spacial score (nSPS) is 10.4. The molecule has 0 radical (unpaired) electrons. The first kappa shape index (κ1) is 13.1.